The first-order valence-electron chi connectivity index (χ1n) is 9.36. The highest BCUT2D eigenvalue weighted by Crippen LogP contribution is 2.75. The Balaban J connectivity index is 2.03. The Bertz CT molecular complexity index is 1060. The molecule has 3 rings (SSSR count). The summed E-state index contributed by atoms with van der Waals surface area (Å²) >= 11 is 5.40. The van der Waals surface area contributed by atoms with Crippen LogP contribution in [0.2, 0.25) is 0 Å². The number of hydrogen-bond acceptors (Lipinski definition) is 3. The number of carboxylic acids is 1. The van der Waals surface area contributed by atoms with Crippen molar-refractivity contribution in [3.63, 3.8) is 0 Å². The molecule has 0 radical (unpaired) electrons. The standard InChI is InChI=1S/C23H19ClF3NO3/c1-21(2)18(12-19(24)23(25,26)27)22(21,20(29)30)17(13-28)14-7-6-10-16(11-14)31-15-8-4-3-5-9-15/h3-12,17-18H,1-2H3,(H,29,30)/t17?,18-,22-/m0/s1. The van der Waals surface area contributed by atoms with Gasteiger partial charge in [0.25, 0.3) is 0 Å². The van der Waals surface area contributed by atoms with Crippen molar-refractivity contribution in [2.45, 2.75) is 25.9 Å². The monoisotopic (exact) mass is 449 g/mol. The number of ether oxygens (including phenoxy) is 1. The Kier molecular flexibility index (Phi) is 5.81. The van der Waals surface area contributed by atoms with Gasteiger partial charge in [0.05, 0.1) is 12.0 Å². The van der Waals surface area contributed by atoms with Crippen molar-refractivity contribution in [2.24, 2.45) is 16.7 Å². The molecule has 1 fully saturated rings. The fourth-order valence-corrected chi connectivity index (χ4v) is 4.45. The van der Waals surface area contributed by atoms with E-state index in [9.17, 15) is 28.3 Å². The summed E-state index contributed by atoms with van der Waals surface area (Å²) in [6.45, 7) is 3.05. The van der Waals surface area contributed by atoms with Gasteiger partial charge in [-0.15, -0.1) is 0 Å². The van der Waals surface area contributed by atoms with Gasteiger partial charge < -0.3 is 9.84 Å². The van der Waals surface area contributed by atoms with Gasteiger partial charge in [0.15, 0.2) is 0 Å². The third-order valence-corrected chi connectivity index (χ3v) is 6.28. The summed E-state index contributed by atoms with van der Waals surface area (Å²) in [4.78, 5) is 12.4. The quantitative estimate of drug-likeness (QED) is 0.546. The Hall–Kier alpha value is -2.98. The molecular weight excluding hydrogens is 431 g/mol. The first kappa shape index (κ1) is 22.7. The van der Waals surface area contributed by atoms with Crippen molar-refractivity contribution in [1.29, 1.82) is 5.26 Å². The van der Waals surface area contributed by atoms with Crippen molar-refractivity contribution in [1.82, 2.24) is 0 Å². The number of carboxylic acid groups (broad SMARTS) is 1. The normalized spacial score (nSPS) is 23.5. The molecule has 1 aliphatic carbocycles. The lowest BCUT2D eigenvalue weighted by Crippen LogP contribution is -2.29. The van der Waals surface area contributed by atoms with E-state index in [4.69, 9.17) is 16.3 Å². The number of alkyl halides is 3. The van der Waals surface area contributed by atoms with E-state index in [1.165, 1.54) is 19.9 Å². The van der Waals surface area contributed by atoms with Crippen LogP contribution in [0.3, 0.4) is 0 Å². The second kappa shape index (κ2) is 7.93. The number of benzene rings is 2. The van der Waals surface area contributed by atoms with Crippen LogP contribution < -0.4 is 4.74 Å². The highest BCUT2D eigenvalue weighted by atomic mass is 35.5. The molecule has 1 saturated carbocycles. The summed E-state index contributed by atoms with van der Waals surface area (Å²) in [7, 11) is 0. The van der Waals surface area contributed by atoms with Gasteiger partial charge >= 0.3 is 12.1 Å². The number of rotatable bonds is 6. The van der Waals surface area contributed by atoms with E-state index < -0.39 is 39.8 Å². The molecule has 1 N–H and O–H groups in total. The van der Waals surface area contributed by atoms with Gasteiger partial charge in [0, 0.05) is 5.92 Å². The third kappa shape index (κ3) is 3.88. The first-order valence-corrected chi connectivity index (χ1v) is 9.74. The third-order valence-electron chi connectivity index (χ3n) is 5.94. The van der Waals surface area contributed by atoms with Crippen molar-refractivity contribution >= 4 is 17.6 Å². The molecule has 0 aromatic heterocycles. The van der Waals surface area contributed by atoms with Crippen LogP contribution in [0.5, 0.6) is 11.5 Å². The number of allylic oxidation sites excluding steroid dienone is 2. The molecule has 0 amide bonds. The van der Waals surface area contributed by atoms with Crippen LogP contribution in [0.4, 0.5) is 13.2 Å². The summed E-state index contributed by atoms with van der Waals surface area (Å²) in [5.74, 6) is -2.74. The van der Waals surface area contributed by atoms with Crippen LogP contribution in [0.25, 0.3) is 0 Å². The van der Waals surface area contributed by atoms with Gasteiger partial charge in [0.1, 0.15) is 21.9 Å². The van der Waals surface area contributed by atoms with Gasteiger partial charge in [-0.2, -0.15) is 18.4 Å². The van der Waals surface area contributed by atoms with E-state index in [0.717, 1.165) is 0 Å². The summed E-state index contributed by atoms with van der Waals surface area (Å²) in [5, 5.41) is 18.6. The molecule has 31 heavy (non-hydrogen) atoms. The molecule has 0 saturated heterocycles. The van der Waals surface area contributed by atoms with E-state index in [1.54, 1.807) is 42.5 Å². The minimum absolute atomic E-state index is 0.338. The minimum Gasteiger partial charge on any atom is -0.481 e. The second-order valence-corrected chi connectivity index (χ2v) is 8.34. The van der Waals surface area contributed by atoms with Gasteiger partial charge in [-0.3, -0.25) is 4.79 Å². The summed E-state index contributed by atoms with van der Waals surface area (Å²) in [6.07, 6.45) is -4.08. The SMILES string of the molecule is CC1(C)[C@H](C=C(Cl)C(F)(F)F)[C@]1(C(=O)O)C(C#N)c1cccc(Oc2ccccc2)c1. The zero-order valence-electron chi connectivity index (χ0n) is 16.7. The maximum atomic E-state index is 13.0. The van der Waals surface area contributed by atoms with Crippen molar-refractivity contribution in [2.75, 3.05) is 0 Å². The largest absolute Gasteiger partial charge is 0.481 e. The molecule has 162 valence electrons. The van der Waals surface area contributed by atoms with Crippen LogP contribution in [-0.2, 0) is 4.79 Å². The molecule has 0 bridgehead atoms. The highest BCUT2D eigenvalue weighted by Gasteiger charge is 2.78. The zero-order valence-corrected chi connectivity index (χ0v) is 17.4. The average Bonchev–Trinajstić information content (AvgIpc) is 3.18. The van der Waals surface area contributed by atoms with E-state index >= 15 is 0 Å². The maximum absolute atomic E-state index is 13.0. The number of aliphatic carboxylic acids is 1. The van der Waals surface area contributed by atoms with Gasteiger partial charge in [-0.1, -0.05) is 61.9 Å². The lowest BCUT2D eigenvalue weighted by molar-refractivity contribution is -0.145. The van der Waals surface area contributed by atoms with E-state index in [1.807, 2.05) is 12.1 Å². The number of hydrogen-bond donors (Lipinski definition) is 1. The highest BCUT2D eigenvalue weighted by molar-refractivity contribution is 6.30. The Morgan fingerprint density at radius 1 is 1.19 bits per heavy atom. The van der Waals surface area contributed by atoms with Crippen LogP contribution >= 0.6 is 11.6 Å². The van der Waals surface area contributed by atoms with E-state index in [0.29, 0.717) is 23.1 Å². The van der Waals surface area contributed by atoms with Gasteiger partial charge in [0.2, 0.25) is 0 Å². The number of nitriles is 1. The van der Waals surface area contributed by atoms with E-state index in [-0.39, 0.29) is 0 Å². The van der Waals surface area contributed by atoms with Crippen LogP contribution in [0.15, 0.2) is 65.7 Å². The molecule has 4 nitrogen and oxygen atoms in total. The summed E-state index contributed by atoms with van der Waals surface area (Å²) < 4.78 is 44.7. The molecule has 0 heterocycles. The van der Waals surface area contributed by atoms with E-state index in [2.05, 4.69) is 0 Å². The smallest absolute Gasteiger partial charge is 0.426 e. The lowest BCUT2D eigenvalue weighted by atomic mass is 9.78. The fourth-order valence-electron chi connectivity index (χ4n) is 4.32. The molecule has 3 atom stereocenters. The molecule has 2 aromatic rings. The summed E-state index contributed by atoms with van der Waals surface area (Å²) in [5.41, 5.74) is -2.58. The van der Waals surface area contributed by atoms with Crippen LogP contribution in [-0.4, -0.2) is 17.3 Å². The molecule has 1 aliphatic rings. The molecule has 0 spiro atoms. The Labute approximate surface area is 182 Å². The topological polar surface area (TPSA) is 70.3 Å². The van der Waals surface area contributed by atoms with Crippen molar-refractivity contribution in [3.05, 3.63) is 71.3 Å². The number of halogens is 4. The fraction of sp³-hybridized carbons (Fsp3) is 0.304. The number of carbonyl (C=O) groups is 1. The molecule has 2 aromatic carbocycles. The average molecular weight is 450 g/mol. The van der Waals surface area contributed by atoms with Gasteiger partial charge in [-0.25, -0.2) is 0 Å². The first-order chi connectivity index (χ1) is 14.5. The van der Waals surface area contributed by atoms with Crippen molar-refractivity contribution in [3.8, 4) is 17.6 Å². The van der Waals surface area contributed by atoms with Crippen molar-refractivity contribution < 1.29 is 27.8 Å². The van der Waals surface area contributed by atoms with Crippen LogP contribution in [0, 0.1) is 28.1 Å². The second-order valence-electron chi connectivity index (χ2n) is 7.94. The molecule has 8 heteroatoms. The Morgan fingerprint density at radius 3 is 2.35 bits per heavy atom. The lowest BCUT2D eigenvalue weighted by Gasteiger charge is -2.22. The predicted molar refractivity (Wildman–Crippen MR) is 109 cm³/mol. The molecule has 0 aliphatic heterocycles. The van der Waals surface area contributed by atoms with Gasteiger partial charge in [-0.05, 0) is 35.2 Å². The minimum atomic E-state index is -4.80. The molecule has 1 unspecified atom stereocenters. The molecular formula is C23H19ClF3NO3. The Morgan fingerprint density at radius 2 is 1.81 bits per heavy atom. The predicted octanol–water partition coefficient (Wildman–Crippen LogP) is 6.50. The zero-order chi connectivity index (χ0) is 23.0. The number of nitrogens with zero attached hydrogens (tertiary/aromatic N) is 1. The maximum Gasteiger partial charge on any atom is 0.426 e. The number of para-hydroxylation sites is 1. The van der Waals surface area contributed by atoms with Crippen LogP contribution in [0.1, 0.15) is 25.3 Å². The summed E-state index contributed by atoms with van der Waals surface area (Å²) in [6, 6.07) is 17.2.